The Morgan fingerprint density at radius 1 is 1.00 bits per heavy atom. The summed E-state index contributed by atoms with van der Waals surface area (Å²) in [6, 6.07) is 0.739. The van der Waals surface area contributed by atoms with Gasteiger partial charge in [0.15, 0.2) is 0 Å². The molecule has 1 N–H and O–H groups in total. The Balaban J connectivity index is 1.46. The van der Waals surface area contributed by atoms with E-state index in [2.05, 4.69) is 17.1 Å². The molecule has 114 valence electrons. The molecule has 1 aliphatic carbocycles. The van der Waals surface area contributed by atoms with Crippen LogP contribution < -0.4 is 5.32 Å². The molecule has 0 radical (unpaired) electrons. The van der Waals surface area contributed by atoms with E-state index in [4.69, 9.17) is 0 Å². The number of nitrogens with zero attached hydrogens (tertiary/aromatic N) is 1. The number of piperidine rings is 1. The van der Waals surface area contributed by atoms with Crippen LogP contribution in [-0.2, 0) is 4.79 Å². The molecule has 3 fully saturated rings. The van der Waals surface area contributed by atoms with Gasteiger partial charge in [-0.1, -0.05) is 6.92 Å². The van der Waals surface area contributed by atoms with Crippen molar-refractivity contribution in [1.82, 2.24) is 10.2 Å². The number of amides is 1. The van der Waals surface area contributed by atoms with Crippen molar-refractivity contribution in [2.24, 2.45) is 17.8 Å². The molecule has 2 aliphatic heterocycles. The van der Waals surface area contributed by atoms with Crippen molar-refractivity contribution in [3.05, 3.63) is 0 Å². The van der Waals surface area contributed by atoms with Crippen molar-refractivity contribution in [3.8, 4) is 0 Å². The van der Waals surface area contributed by atoms with E-state index < -0.39 is 0 Å². The summed E-state index contributed by atoms with van der Waals surface area (Å²) in [5, 5.41) is 3.64. The van der Waals surface area contributed by atoms with Crippen LogP contribution in [0.4, 0.5) is 0 Å². The van der Waals surface area contributed by atoms with Gasteiger partial charge >= 0.3 is 0 Å². The van der Waals surface area contributed by atoms with E-state index in [-0.39, 0.29) is 0 Å². The summed E-state index contributed by atoms with van der Waals surface area (Å²) in [5.74, 6) is 2.45. The Hall–Kier alpha value is -0.570. The minimum absolute atomic E-state index is 0.340. The van der Waals surface area contributed by atoms with E-state index in [1.54, 1.807) is 0 Å². The van der Waals surface area contributed by atoms with Crippen LogP contribution in [0, 0.1) is 17.8 Å². The van der Waals surface area contributed by atoms with Gasteiger partial charge < -0.3 is 10.2 Å². The second-order valence-corrected chi connectivity index (χ2v) is 7.32. The first kappa shape index (κ1) is 14.4. The summed E-state index contributed by atoms with van der Waals surface area (Å²) in [6.45, 7) is 5.53. The van der Waals surface area contributed by atoms with Crippen molar-refractivity contribution in [1.29, 1.82) is 0 Å². The van der Waals surface area contributed by atoms with Gasteiger partial charge in [-0.2, -0.15) is 0 Å². The maximum atomic E-state index is 12.6. The Labute approximate surface area is 123 Å². The fourth-order valence-electron chi connectivity index (χ4n) is 4.40. The lowest BCUT2D eigenvalue weighted by Crippen LogP contribution is -2.45. The smallest absolute Gasteiger partial charge is 0.225 e. The van der Waals surface area contributed by atoms with Crippen LogP contribution in [0.3, 0.4) is 0 Å². The normalized spacial score (nSPS) is 36.2. The lowest BCUT2D eigenvalue weighted by atomic mass is 9.81. The first-order valence-corrected chi connectivity index (χ1v) is 8.76. The Bertz CT molecular complexity index is 322. The first-order chi connectivity index (χ1) is 9.74. The van der Waals surface area contributed by atoms with Gasteiger partial charge in [-0.25, -0.2) is 0 Å². The molecular weight excluding hydrogens is 248 g/mol. The molecule has 2 heterocycles. The topological polar surface area (TPSA) is 32.3 Å². The van der Waals surface area contributed by atoms with E-state index in [1.807, 2.05) is 0 Å². The van der Waals surface area contributed by atoms with Gasteiger partial charge in [0.2, 0.25) is 5.91 Å². The van der Waals surface area contributed by atoms with Crippen LogP contribution in [0.5, 0.6) is 0 Å². The van der Waals surface area contributed by atoms with Crippen molar-refractivity contribution >= 4 is 5.91 Å². The maximum absolute atomic E-state index is 12.6. The molecule has 20 heavy (non-hydrogen) atoms. The third-order valence-corrected chi connectivity index (χ3v) is 5.88. The predicted octanol–water partition coefficient (Wildman–Crippen LogP) is 2.80. The molecule has 0 aromatic heterocycles. The maximum Gasteiger partial charge on any atom is 0.225 e. The third-order valence-electron chi connectivity index (χ3n) is 5.88. The molecule has 1 amide bonds. The van der Waals surface area contributed by atoms with E-state index >= 15 is 0 Å². The molecule has 1 atom stereocenters. The highest BCUT2D eigenvalue weighted by atomic mass is 16.2. The highest BCUT2D eigenvalue weighted by molar-refractivity contribution is 5.79. The summed E-state index contributed by atoms with van der Waals surface area (Å²) >= 11 is 0. The number of likely N-dealkylation sites (tertiary alicyclic amines) is 1. The summed E-state index contributed by atoms with van der Waals surface area (Å²) in [4.78, 5) is 14.8. The average molecular weight is 278 g/mol. The van der Waals surface area contributed by atoms with Crippen LogP contribution in [0.2, 0.25) is 0 Å². The third kappa shape index (κ3) is 3.19. The molecule has 3 nitrogen and oxygen atoms in total. The molecule has 3 aliphatic rings. The number of rotatable bonds is 2. The predicted molar refractivity (Wildman–Crippen MR) is 81.5 cm³/mol. The lowest BCUT2D eigenvalue weighted by molar-refractivity contribution is -0.138. The first-order valence-electron chi connectivity index (χ1n) is 8.76. The molecule has 0 spiro atoms. The number of nitrogens with one attached hydrogen (secondary N) is 1. The van der Waals surface area contributed by atoms with E-state index in [0.29, 0.717) is 11.8 Å². The molecule has 3 heteroatoms. The summed E-state index contributed by atoms with van der Waals surface area (Å²) in [5.41, 5.74) is 0. The highest BCUT2D eigenvalue weighted by Crippen LogP contribution is 2.31. The van der Waals surface area contributed by atoms with Crippen LogP contribution in [0.25, 0.3) is 0 Å². The monoisotopic (exact) mass is 278 g/mol. The van der Waals surface area contributed by atoms with Crippen molar-refractivity contribution in [2.45, 2.75) is 64.3 Å². The van der Waals surface area contributed by atoms with Crippen molar-refractivity contribution in [3.63, 3.8) is 0 Å². The molecule has 0 aromatic rings. The SMILES string of the molecule is CC1CCC(C(=O)N2CCC(C3CCCN3)CC2)CC1. The zero-order valence-corrected chi connectivity index (χ0v) is 12.9. The number of carbonyl (C=O) groups excluding carboxylic acids is 1. The Kier molecular flexibility index (Phi) is 4.65. The van der Waals surface area contributed by atoms with Gasteiger partial charge in [-0.3, -0.25) is 4.79 Å². The van der Waals surface area contributed by atoms with Crippen LogP contribution in [0.15, 0.2) is 0 Å². The standard InChI is InChI=1S/C17H30N2O/c1-13-4-6-15(7-5-13)17(20)19-11-8-14(9-12-19)16-3-2-10-18-16/h13-16,18H,2-12H2,1H3. The average Bonchev–Trinajstić information content (AvgIpc) is 3.02. The Morgan fingerprint density at radius 3 is 2.30 bits per heavy atom. The number of hydrogen-bond acceptors (Lipinski definition) is 2. The Morgan fingerprint density at radius 2 is 1.70 bits per heavy atom. The zero-order chi connectivity index (χ0) is 13.9. The number of hydrogen-bond donors (Lipinski definition) is 1. The van der Waals surface area contributed by atoms with Crippen LogP contribution >= 0.6 is 0 Å². The van der Waals surface area contributed by atoms with E-state index in [9.17, 15) is 4.79 Å². The van der Waals surface area contributed by atoms with Gasteiger partial charge in [0.25, 0.3) is 0 Å². The van der Waals surface area contributed by atoms with E-state index in [1.165, 1.54) is 45.1 Å². The number of carbonyl (C=O) groups is 1. The second-order valence-electron chi connectivity index (χ2n) is 7.32. The second kappa shape index (κ2) is 6.46. The van der Waals surface area contributed by atoms with Gasteiger partial charge in [0, 0.05) is 25.0 Å². The summed E-state index contributed by atoms with van der Waals surface area (Å²) < 4.78 is 0. The minimum Gasteiger partial charge on any atom is -0.342 e. The largest absolute Gasteiger partial charge is 0.342 e. The van der Waals surface area contributed by atoms with Gasteiger partial charge in [0.1, 0.15) is 0 Å². The molecule has 0 aromatic carbocycles. The van der Waals surface area contributed by atoms with Gasteiger partial charge in [-0.15, -0.1) is 0 Å². The molecular formula is C17H30N2O. The van der Waals surface area contributed by atoms with Gasteiger partial charge in [-0.05, 0) is 69.7 Å². The summed E-state index contributed by atoms with van der Waals surface area (Å²) in [6.07, 6.45) is 9.87. The molecule has 2 saturated heterocycles. The molecule has 3 rings (SSSR count). The fourth-order valence-corrected chi connectivity index (χ4v) is 4.40. The fraction of sp³-hybridized carbons (Fsp3) is 0.941. The van der Waals surface area contributed by atoms with Crippen LogP contribution in [0.1, 0.15) is 58.3 Å². The molecule has 1 unspecified atom stereocenters. The summed E-state index contributed by atoms with van der Waals surface area (Å²) in [7, 11) is 0. The highest BCUT2D eigenvalue weighted by Gasteiger charge is 2.33. The van der Waals surface area contributed by atoms with E-state index in [0.717, 1.165) is 43.8 Å². The van der Waals surface area contributed by atoms with Crippen molar-refractivity contribution < 1.29 is 4.79 Å². The quantitative estimate of drug-likeness (QED) is 0.842. The molecule has 0 bridgehead atoms. The zero-order valence-electron chi connectivity index (χ0n) is 12.9. The lowest BCUT2D eigenvalue weighted by Gasteiger charge is -2.37. The van der Waals surface area contributed by atoms with Crippen molar-refractivity contribution in [2.75, 3.05) is 19.6 Å². The minimum atomic E-state index is 0.340. The molecule has 1 saturated carbocycles. The van der Waals surface area contributed by atoms with Gasteiger partial charge in [0.05, 0.1) is 0 Å². The van der Waals surface area contributed by atoms with Crippen LogP contribution in [-0.4, -0.2) is 36.5 Å².